The van der Waals surface area contributed by atoms with Crippen LogP contribution in [-0.4, -0.2) is 103 Å². The fourth-order valence-corrected chi connectivity index (χ4v) is 11.2. The van der Waals surface area contributed by atoms with Gasteiger partial charge in [0.1, 0.15) is 12.1 Å². The summed E-state index contributed by atoms with van der Waals surface area (Å²) in [5.74, 6) is -0.132. The van der Waals surface area contributed by atoms with Crippen molar-refractivity contribution in [1.82, 2.24) is 20.4 Å². The van der Waals surface area contributed by atoms with Crippen LogP contribution in [0.25, 0.3) is 0 Å². The lowest BCUT2D eigenvalue weighted by Crippen LogP contribution is -2.56. The maximum absolute atomic E-state index is 14.2. The van der Waals surface area contributed by atoms with Crippen LogP contribution < -0.4 is 10.6 Å². The van der Waals surface area contributed by atoms with Crippen molar-refractivity contribution in [3.8, 4) is 0 Å². The Kier molecular flexibility index (Phi) is 14.0. The Morgan fingerprint density at radius 2 is 1.04 bits per heavy atom. The zero-order valence-electron chi connectivity index (χ0n) is 29.9. The fraction of sp³-hybridized carbons (Fsp3) is 0.600. The molecule has 6 rings (SSSR count). The van der Waals surface area contributed by atoms with Crippen molar-refractivity contribution in [1.29, 1.82) is 0 Å². The van der Waals surface area contributed by atoms with E-state index in [0.717, 1.165) is 61.2 Å². The molecule has 0 bridgehead atoms. The smallest absolute Gasteiger partial charge is 0.246 e. The molecule has 0 radical (unpaired) electrons. The molecule has 8 unspecified atom stereocenters. The van der Waals surface area contributed by atoms with Crippen LogP contribution in [0.4, 0.5) is 0 Å². The quantitative estimate of drug-likeness (QED) is 0.240. The van der Waals surface area contributed by atoms with Crippen molar-refractivity contribution in [2.24, 2.45) is 11.8 Å². The summed E-state index contributed by atoms with van der Waals surface area (Å²) in [6.07, 6.45) is 8.05. The second kappa shape index (κ2) is 18.8. The number of rotatable bonds is 13. The molecule has 2 aromatic carbocycles. The number of aliphatic hydroxyl groups excluding tert-OH is 2. The Hall–Kier alpha value is -3.06. The van der Waals surface area contributed by atoms with E-state index in [4.69, 9.17) is 0 Å². The number of thioether (sulfide) groups is 2. The van der Waals surface area contributed by atoms with Gasteiger partial charge in [0.15, 0.2) is 0 Å². The van der Waals surface area contributed by atoms with Crippen LogP contribution in [0.5, 0.6) is 0 Å². The molecule has 10 nitrogen and oxygen atoms in total. The third-order valence-corrected chi connectivity index (χ3v) is 13.9. The number of nitrogens with zero attached hydrogens (tertiary/aromatic N) is 2. The van der Waals surface area contributed by atoms with Gasteiger partial charge in [0.25, 0.3) is 0 Å². The number of hydrogen-bond donors (Lipinski definition) is 4. The number of amides is 4. The van der Waals surface area contributed by atoms with Gasteiger partial charge in [-0.05, 0) is 99.7 Å². The predicted molar refractivity (Wildman–Crippen MR) is 205 cm³/mol. The summed E-state index contributed by atoms with van der Waals surface area (Å²) in [7, 11) is 0. The van der Waals surface area contributed by atoms with E-state index < -0.39 is 23.9 Å². The first-order valence-electron chi connectivity index (χ1n) is 19.1. The first-order valence-corrected chi connectivity index (χ1v) is 21.2. The highest BCUT2D eigenvalue weighted by Crippen LogP contribution is 2.36. The maximum atomic E-state index is 14.2. The molecule has 12 heteroatoms. The second-order valence-electron chi connectivity index (χ2n) is 14.7. The normalized spacial score (nSPS) is 27.7. The number of benzene rings is 2. The van der Waals surface area contributed by atoms with E-state index in [1.165, 1.54) is 0 Å². The molecule has 4 heterocycles. The molecule has 4 aliphatic heterocycles. The van der Waals surface area contributed by atoms with Crippen LogP contribution in [0, 0.1) is 11.8 Å². The molecule has 0 spiro atoms. The minimum absolute atomic E-state index is 0.0203. The molecule has 0 aromatic heterocycles. The number of carbonyl (C=O) groups is 4. The molecule has 52 heavy (non-hydrogen) atoms. The molecule has 8 atom stereocenters. The van der Waals surface area contributed by atoms with E-state index in [9.17, 15) is 29.4 Å². The molecular formula is C40H54N4O6S2. The van der Waals surface area contributed by atoms with Gasteiger partial charge in [-0.1, -0.05) is 60.7 Å². The summed E-state index contributed by atoms with van der Waals surface area (Å²) in [5, 5.41) is 26.5. The van der Waals surface area contributed by atoms with E-state index in [2.05, 4.69) is 10.6 Å². The van der Waals surface area contributed by atoms with Gasteiger partial charge < -0.3 is 30.6 Å². The molecule has 0 saturated carbocycles. The number of carbonyl (C=O) groups excluding carboxylic acids is 4. The molecule has 4 fully saturated rings. The predicted octanol–water partition coefficient (Wildman–Crippen LogP) is 4.13. The summed E-state index contributed by atoms with van der Waals surface area (Å²) in [5.41, 5.74) is 2.00. The van der Waals surface area contributed by atoms with Crippen LogP contribution in [0.3, 0.4) is 0 Å². The van der Waals surface area contributed by atoms with Gasteiger partial charge in [-0.2, -0.15) is 0 Å². The number of nitrogens with one attached hydrogen (secondary N) is 2. The third-order valence-electron chi connectivity index (χ3n) is 11.2. The van der Waals surface area contributed by atoms with E-state index in [-0.39, 0.29) is 59.7 Å². The summed E-state index contributed by atoms with van der Waals surface area (Å²) in [6, 6.07) is 17.9. The van der Waals surface area contributed by atoms with Crippen molar-refractivity contribution in [2.45, 2.75) is 112 Å². The molecule has 4 saturated heterocycles. The molecule has 282 valence electrons. The molecular weight excluding hydrogens is 697 g/mol. The van der Waals surface area contributed by atoms with Crippen molar-refractivity contribution < 1.29 is 29.4 Å². The molecule has 4 amide bonds. The van der Waals surface area contributed by atoms with Crippen molar-refractivity contribution in [3.63, 3.8) is 0 Å². The Morgan fingerprint density at radius 1 is 0.635 bits per heavy atom. The van der Waals surface area contributed by atoms with Gasteiger partial charge >= 0.3 is 0 Å². The summed E-state index contributed by atoms with van der Waals surface area (Å²) in [6.45, 7) is -0.173. The molecule has 2 aromatic rings. The van der Waals surface area contributed by atoms with E-state index in [1.807, 2.05) is 70.5 Å². The lowest BCUT2D eigenvalue weighted by Gasteiger charge is -2.41. The largest absolute Gasteiger partial charge is 0.394 e. The number of piperidine rings is 2. The minimum atomic E-state index is -0.667. The first-order chi connectivity index (χ1) is 25.4. The Morgan fingerprint density at radius 3 is 1.42 bits per heavy atom. The SMILES string of the molecule is O=C(NC1CCSC2CCCC(CO)N2C1=O)C(CCC(Cc1ccccc1)C(=O)NC1CCSC2CCCC(CO)N2C1=O)Cc1ccccc1. The monoisotopic (exact) mass is 750 g/mol. The molecule has 4 N–H and O–H groups in total. The second-order valence-corrected chi connectivity index (χ2v) is 17.3. The molecule has 0 aliphatic carbocycles. The molecule has 4 aliphatic rings. The number of aliphatic hydroxyl groups is 2. The van der Waals surface area contributed by atoms with Gasteiger partial charge in [-0.3, -0.25) is 19.2 Å². The van der Waals surface area contributed by atoms with E-state index >= 15 is 0 Å². The number of fused-ring (bicyclic) bond motifs is 2. The van der Waals surface area contributed by atoms with Gasteiger partial charge in [0.05, 0.1) is 36.0 Å². The van der Waals surface area contributed by atoms with Gasteiger partial charge in [-0.15, -0.1) is 23.5 Å². The van der Waals surface area contributed by atoms with Crippen LogP contribution in [0.2, 0.25) is 0 Å². The highest BCUT2D eigenvalue weighted by Gasteiger charge is 2.42. The average Bonchev–Trinajstić information content (AvgIpc) is 3.43. The Balaban J connectivity index is 1.19. The zero-order chi connectivity index (χ0) is 36.5. The first kappa shape index (κ1) is 38.7. The van der Waals surface area contributed by atoms with E-state index in [0.29, 0.717) is 38.5 Å². The van der Waals surface area contributed by atoms with Crippen LogP contribution >= 0.6 is 23.5 Å². The maximum Gasteiger partial charge on any atom is 0.246 e. The van der Waals surface area contributed by atoms with Crippen LogP contribution in [-0.2, 0) is 32.0 Å². The van der Waals surface area contributed by atoms with Crippen molar-refractivity contribution in [3.05, 3.63) is 71.8 Å². The van der Waals surface area contributed by atoms with Crippen LogP contribution in [0.1, 0.15) is 75.3 Å². The standard InChI is InChI=1S/C40H54N4O6S2/c45-25-31-13-7-15-35-43(31)39(49)33(19-21-51-35)41-37(47)29(23-27-9-3-1-4-10-27)17-18-30(24-28-11-5-2-6-12-28)38(48)42-34-20-22-52-36-16-8-14-32(26-46)44(36)40(34)50/h1-6,9-12,29-36,45-46H,7-8,13-26H2,(H,41,47)(H,42,48). The summed E-state index contributed by atoms with van der Waals surface area (Å²) >= 11 is 3.46. The van der Waals surface area contributed by atoms with Gasteiger partial charge in [-0.25, -0.2) is 0 Å². The summed E-state index contributed by atoms with van der Waals surface area (Å²) in [4.78, 5) is 59.8. The van der Waals surface area contributed by atoms with Crippen LogP contribution in [0.15, 0.2) is 60.7 Å². The summed E-state index contributed by atoms with van der Waals surface area (Å²) < 4.78 is 0. The van der Waals surface area contributed by atoms with E-state index in [1.54, 1.807) is 23.5 Å². The fourth-order valence-electron chi connectivity index (χ4n) is 8.36. The van der Waals surface area contributed by atoms with Gasteiger partial charge in [0, 0.05) is 11.8 Å². The lowest BCUT2D eigenvalue weighted by atomic mass is 9.86. The van der Waals surface area contributed by atoms with Gasteiger partial charge in [0.2, 0.25) is 23.6 Å². The highest BCUT2D eigenvalue weighted by atomic mass is 32.2. The highest BCUT2D eigenvalue weighted by molar-refractivity contribution is 8.00. The Bertz CT molecular complexity index is 1390. The Labute approximate surface area is 316 Å². The minimum Gasteiger partial charge on any atom is -0.394 e. The number of hydrogen-bond acceptors (Lipinski definition) is 8. The lowest BCUT2D eigenvalue weighted by molar-refractivity contribution is -0.142. The van der Waals surface area contributed by atoms with Crippen molar-refractivity contribution >= 4 is 47.2 Å². The third kappa shape index (κ3) is 9.53. The zero-order valence-corrected chi connectivity index (χ0v) is 31.6. The van der Waals surface area contributed by atoms with Crippen molar-refractivity contribution in [2.75, 3.05) is 24.7 Å². The topological polar surface area (TPSA) is 139 Å². The average molecular weight is 751 g/mol.